The van der Waals surface area contributed by atoms with Crippen molar-refractivity contribution >= 4 is 28.1 Å². The Morgan fingerprint density at radius 1 is 1.00 bits per heavy atom. The molecule has 3 aromatic carbocycles. The molecular weight excluding hydrogens is 326 g/mol. The first-order valence-electron chi connectivity index (χ1n) is 8.94. The Kier molecular flexibility index (Phi) is 3.39. The lowest BCUT2D eigenvalue weighted by atomic mass is 9.75. The number of hydrogen-bond donors (Lipinski definition) is 1. The zero-order chi connectivity index (χ0) is 17.0. The molecule has 2 aliphatic rings. The van der Waals surface area contributed by atoms with Crippen molar-refractivity contribution in [3.63, 3.8) is 0 Å². The number of nitrogens with one attached hydrogen (secondary N) is 1. The second-order valence-electron chi connectivity index (χ2n) is 7.20. The Bertz CT molecular complexity index is 999. The molecule has 0 saturated carbocycles. The minimum atomic E-state index is 0.302. The minimum Gasteiger partial charge on any atom is -0.377 e. The van der Waals surface area contributed by atoms with Crippen LogP contribution in [0.5, 0.6) is 0 Å². The van der Waals surface area contributed by atoms with E-state index in [0.717, 1.165) is 11.4 Å². The molecule has 1 aliphatic heterocycles. The van der Waals surface area contributed by atoms with E-state index in [1.54, 1.807) is 0 Å². The van der Waals surface area contributed by atoms with Crippen LogP contribution in [0, 0.1) is 12.8 Å². The van der Waals surface area contributed by atoms with Gasteiger partial charge in [0.1, 0.15) is 0 Å². The third kappa shape index (κ3) is 2.22. The topological polar surface area (TPSA) is 12.0 Å². The summed E-state index contributed by atoms with van der Waals surface area (Å²) in [6.07, 6.45) is 5.77. The van der Waals surface area contributed by atoms with Crippen LogP contribution in [0.15, 0.2) is 66.7 Å². The highest BCUT2D eigenvalue weighted by Crippen LogP contribution is 2.53. The zero-order valence-electron chi connectivity index (χ0n) is 14.2. The monoisotopic (exact) mass is 345 g/mol. The van der Waals surface area contributed by atoms with Gasteiger partial charge in [0.15, 0.2) is 0 Å². The van der Waals surface area contributed by atoms with E-state index in [1.165, 1.54) is 33.2 Å². The molecule has 1 aliphatic carbocycles. The van der Waals surface area contributed by atoms with E-state index in [0.29, 0.717) is 17.9 Å². The number of benzene rings is 3. The molecule has 124 valence electrons. The summed E-state index contributed by atoms with van der Waals surface area (Å²) in [5, 5.41) is 7.39. The van der Waals surface area contributed by atoms with Gasteiger partial charge in [-0.3, -0.25) is 0 Å². The molecule has 3 atom stereocenters. The maximum atomic E-state index is 6.60. The van der Waals surface area contributed by atoms with Crippen molar-refractivity contribution in [3.05, 3.63) is 88.5 Å². The predicted molar refractivity (Wildman–Crippen MR) is 106 cm³/mol. The first-order chi connectivity index (χ1) is 12.2. The van der Waals surface area contributed by atoms with Crippen LogP contribution in [0.3, 0.4) is 0 Å². The SMILES string of the molecule is Cc1ccc(Cl)c2c1N[C@@H](c1cccc3ccccc13)[C@H]1CC=C[C@@H]21. The highest BCUT2D eigenvalue weighted by atomic mass is 35.5. The first kappa shape index (κ1) is 15.0. The second kappa shape index (κ2) is 5.64. The summed E-state index contributed by atoms with van der Waals surface area (Å²) in [5.41, 5.74) is 5.15. The second-order valence-corrected chi connectivity index (χ2v) is 7.60. The molecular formula is C23H20ClN. The fraction of sp³-hybridized carbons (Fsp3) is 0.217. The minimum absolute atomic E-state index is 0.302. The highest BCUT2D eigenvalue weighted by Gasteiger charge is 2.39. The Morgan fingerprint density at radius 3 is 2.76 bits per heavy atom. The van der Waals surface area contributed by atoms with Crippen molar-refractivity contribution in [2.75, 3.05) is 5.32 Å². The normalized spacial score (nSPS) is 24.0. The quantitative estimate of drug-likeness (QED) is 0.488. The predicted octanol–water partition coefficient (Wildman–Crippen LogP) is 6.63. The lowest BCUT2D eigenvalue weighted by Gasteiger charge is -2.39. The van der Waals surface area contributed by atoms with Crippen LogP contribution in [0.4, 0.5) is 5.69 Å². The molecule has 5 rings (SSSR count). The molecule has 1 heterocycles. The van der Waals surface area contributed by atoms with Crippen LogP contribution in [0.25, 0.3) is 10.8 Å². The zero-order valence-corrected chi connectivity index (χ0v) is 14.9. The maximum absolute atomic E-state index is 6.60. The van der Waals surface area contributed by atoms with Gasteiger partial charge in [0.05, 0.1) is 6.04 Å². The van der Waals surface area contributed by atoms with Gasteiger partial charge in [-0.15, -0.1) is 0 Å². The van der Waals surface area contributed by atoms with Gasteiger partial charge in [-0.2, -0.15) is 0 Å². The third-order valence-corrected chi connectivity index (χ3v) is 6.16. The smallest absolute Gasteiger partial charge is 0.0560 e. The van der Waals surface area contributed by atoms with Gasteiger partial charge in [-0.1, -0.05) is 72.3 Å². The molecule has 0 amide bonds. The van der Waals surface area contributed by atoms with Crippen LogP contribution in [0.2, 0.25) is 5.02 Å². The van der Waals surface area contributed by atoms with Gasteiger partial charge in [0, 0.05) is 22.2 Å². The van der Waals surface area contributed by atoms with Crippen molar-refractivity contribution < 1.29 is 0 Å². The molecule has 0 spiro atoms. The molecule has 0 aromatic heterocycles. The average Bonchev–Trinajstić information content (AvgIpc) is 3.13. The van der Waals surface area contributed by atoms with Gasteiger partial charge in [-0.05, 0) is 47.2 Å². The van der Waals surface area contributed by atoms with E-state index in [-0.39, 0.29) is 0 Å². The lowest BCUT2D eigenvalue weighted by Crippen LogP contribution is -2.30. The van der Waals surface area contributed by atoms with Crippen molar-refractivity contribution in [2.45, 2.75) is 25.3 Å². The fourth-order valence-corrected chi connectivity index (χ4v) is 4.92. The van der Waals surface area contributed by atoms with E-state index in [2.05, 4.69) is 72.9 Å². The van der Waals surface area contributed by atoms with Gasteiger partial charge in [0.2, 0.25) is 0 Å². The molecule has 0 bridgehead atoms. The summed E-state index contributed by atoms with van der Waals surface area (Å²) in [7, 11) is 0. The molecule has 0 fully saturated rings. The first-order valence-corrected chi connectivity index (χ1v) is 9.31. The van der Waals surface area contributed by atoms with E-state index in [1.807, 2.05) is 6.07 Å². The lowest BCUT2D eigenvalue weighted by molar-refractivity contribution is 0.427. The number of fused-ring (bicyclic) bond motifs is 4. The third-order valence-electron chi connectivity index (χ3n) is 5.83. The van der Waals surface area contributed by atoms with Gasteiger partial charge in [-0.25, -0.2) is 0 Å². The number of hydrogen-bond acceptors (Lipinski definition) is 1. The largest absolute Gasteiger partial charge is 0.377 e. The summed E-state index contributed by atoms with van der Waals surface area (Å²) in [6, 6.07) is 19.8. The highest BCUT2D eigenvalue weighted by molar-refractivity contribution is 6.32. The van der Waals surface area contributed by atoms with E-state index < -0.39 is 0 Å². The average molecular weight is 346 g/mol. The Balaban J connectivity index is 1.72. The summed E-state index contributed by atoms with van der Waals surface area (Å²) < 4.78 is 0. The Hall–Kier alpha value is -2.25. The molecule has 1 N–H and O–H groups in total. The number of anilines is 1. The van der Waals surface area contributed by atoms with Crippen LogP contribution >= 0.6 is 11.6 Å². The molecule has 1 nitrogen and oxygen atoms in total. The maximum Gasteiger partial charge on any atom is 0.0560 e. The molecule has 0 unspecified atom stereocenters. The van der Waals surface area contributed by atoms with E-state index in [4.69, 9.17) is 11.6 Å². The van der Waals surface area contributed by atoms with Crippen molar-refractivity contribution in [1.82, 2.24) is 0 Å². The standard InChI is InChI=1S/C23H20ClN/c1-14-12-13-20(24)21-17-9-5-11-19(17)23(25-22(14)21)18-10-4-7-15-6-2-3-8-16(15)18/h2-10,12-13,17,19,23,25H,11H2,1H3/t17-,19+,23+/m1/s1. The van der Waals surface area contributed by atoms with Gasteiger partial charge >= 0.3 is 0 Å². The van der Waals surface area contributed by atoms with Crippen LogP contribution in [-0.4, -0.2) is 0 Å². The Labute approximate surface area is 153 Å². The van der Waals surface area contributed by atoms with Gasteiger partial charge < -0.3 is 5.32 Å². The van der Waals surface area contributed by atoms with Crippen molar-refractivity contribution in [2.24, 2.45) is 5.92 Å². The number of halogens is 1. The van der Waals surface area contributed by atoms with Crippen LogP contribution in [-0.2, 0) is 0 Å². The van der Waals surface area contributed by atoms with Crippen molar-refractivity contribution in [1.29, 1.82) is 0 Å². The number of aryl methyl sites for hydroxylation is 1. The number of rotatable bonds is 1. The number of allylic oxidation sites excluding steroid dienone is 2. The Morgan fingerprint density at radius 2 is 1.84 bits per heavy atom. The molecule has 0 radical (unpaired) electrons. The van der Waals surface area contributed by atoms with Crippen LogP contribution in [0.1, 0.15) is 35.1 Å². The van der Waals surface area contributed by atoms with Gasteiger partial charge in [0.25, 0.3) is 0 Å². The summed E-state index contributed by atoms with van der Waals surface area (Å²) in [6.45, 7) is 2.17. The molecule has 25 heavy (non-hydrogen) atoms. The molecule has 3 aromatic rings. The summed E-state index contributed by atoms with van der Waals surface area (Å²) in [5.74, 6) is 0.908. The van der Waals surface area contributed by atoms with Crippen molar-refractivity contribution in [3.8, 4) is 0 Å². The van der Waals surface area contributed by atoms with Crippen LogP contribution < -0.4 is 5.32 Å². The molecule has 2 heteroatoms. The molecule has 0 saturated heterocycles. The fourth-order valence-electron chi connectivity index (χ4n) is 4.64. The van der Waals surface area contributed by atoms with E-state index in [9.17, 15) is 0 Å². The van der Waals surface area contributed by atoms with E-state index >= 15 is 0 Å². The summed E-state index contributed by atoms with van der Waals surface area (Å²) >= 11 is 6.60. The summed E-state index contributed by atoms with van der Waals surface area (Å²) in [4.78, 5) is 0.